The molecule has 6 heteroatoms. The van der Waals surface area contributed by atoms with Gasteiger partial charge in [-0.2, -0.15) is 0 Å². The molecule has 0 bridgehead atoms. The molecule has 7 rings (SSSR count). The molecule has 0 radical (unpaired) electrons. The Hall–Kier alpha value is -4.71. The van der Waals surface area contributed by atoms with Crippen molar-refractivity contribution in [2.24, 2.45) is 79.8 Å². The maximum Gasteiger partial charge on any atom is 0.311 e. The summed E-state index contributed by atoms with van der Waals surface area (Å²) in [5.41, 5.74) is 15.2. The third kappa shape index (κ3) is 37.2. The van der Waals surface area contributed by atoms with Gasteiger partial charge >= 0.3 is 17.9 Å². The van der Waals surface area contributed by atoms with Crippen molar-refractivity contribution in [2.75, 3.05) is 0 Å². The number of carbonyl (C=O) groups is 3. The lowest BCUT2D eigenvalue weighted by Crippen LogP contribution is -2.46. The molecule has 0 spiro atoms. The fraction of sp³-hybridized carbons (Fsp3) is 0.767. The van der Waals surface area contributed by atoms with Crippen LogP contribution in [0, 0.1) is 79.8 Å². The van der Waals surface area contributed by atoms with E-state index in [0.717, 1.165) is 50.4 Å². The summed E-state index contributed by atoms with van der Waals surface area (Å²) in [5.74, 6) is 9.11. The third-order valence-corrected chi connectivity index (χ3v) is 30.0. The van der Waals surface area contributed by atoms with Gasteiger partial charge in [-0.25, -0.2) is 0 Å². The number of rotatable bonds is 23. The van der Waals surface area contributed by atoms with Gasteiger partial charge in [0.05, 0.1) is 16.2 Å². The van der Waals surface area contributed by atoms with Crippen LogP contribution in [0.25, 0.3) is 0 Å². The Labute approximate surface area is 759 Å². The van der Waals surface area contributed by atoms with Crippen LogP contribution in [0.1, 0.15) is 518 Å². The van der Waals surface area contributed by atoms with Crippen LogP contribution in [-0.2, 0) is 44.8 Å². The molecule has 702 valence electrons. The Morgan fingerprint density at radius 2 is 0.656 bits per heavy atom. The average molecular weight is 1690 g/mol. The fourth-order valence-electron chi connectivity index (χ4n) is 16.5. The van der Waals surface area contributed by atoms with Gasteiger partial charge in [-0.05, 0) is 309 Å². The second-order valence-electron chi connectivity index (χ2n) is 48.1. The van der Waals surface area contributed by atoms with Crippen LogP contribution >= 0.6 is 0 Å². The molecule has 0 heterocycles. The minimum atomic E-state index is -0.370. The van der Waals surface area contributed by atoms with E-state index in [1.807, 2.05) is 48.5 Å². The van der Waals surface area contributed by atoms with Crippen molar-refractivity contribution in [2.45, 2.75) is 497 Å². The van der Waals surface area contributed by atoms with E-state index < -0.39 is 0 Å². The largest absolute Gasteiger partial charge is 0.462 e. The summed E-state index contributed by atoms with van der Waals surface area (Å²) >= 11 is 0. The molecule has 3 aliphatic carbocycles. The Morgan fingerprint density at radius 1 is 0.344 bits per heavy atom. The van der Waals surface area contributed by atoms with Crippen LogP contribution in [0.3, 0.4) is 0 Å². The zero-order valence-electron chi connectivity index (χ0n) is 89.2. The highest BCUT2D eigenvalue weighted by Crippen LogP contribution is 2.51. The lowest BCUT2D eigenvalue weighted by molar-refractivity contribution is -0.173. The van der Waals surface area contributed by atoms with Crippen molar-refractivity contribution >= 4 is 17.9 Å². The van der Waals surface area contributed by atoms with Gasteiger partial charge < -0.3 is 14.2 Å². The lowest BCUT2D eigenvalue weighted by atomic mass is 9.58. The molecule has 3 aliphatic rings. The Morgan fingerprint density at radius 3 is 0.967 bits per heavy atom. The normalized spacial score (nSPS) is 21.1. The maximum atomic E-state index is 12.5. The highest BCUT2D eigenvalue weighted by atomic mass is 16.6. The minimum Gasteiger partial charge on any atom is -0.462 e. The summed E-state index contributed by atoms with van der Waals surface area (Å²) in [6.07, 6.45) is 18.1. The SMILES string of the molecule is CCC(C)(C)C(=O)OC1C(C(C)C)CCCC1C(C)C.CCC(C)(C)C(=O)OC1C(C)CC(C)CC1C(C)(C)C.CCC(C)(C)C(=O)OC1CCC(C(C)(C)C(C)(C)C)CC1.CCC(C)c1cc(C(C)(C)C)cc(C(C)(C)C)c1.CCC(C)c1cc(C(C)C)cc(C(C)C)c1.CCC(C)c1ccc(C(C)(C)C)cc1.CCC(C)c1ccc(C(C)C)cc1. The van der Waals surface area contributed by atoms with Crippen molar-refractivity contribution in [3.8, 4) is 0 Å². The molecule has 4 aromatic rings. The van der Waals surface area contributed by atoms with Gasteiger partial charge in [0.25, 0.3) is 0 Å². The standard InChI is InChI=1S/C19H36O2.2C18H34O2.C18H30.C16H26.C14H22.C13H20/c1-9-18(5,6)16(20)21-15-12-10-14(11-13-15)19(7,8)17(2,3)4;1-9-18(7,8)16(19)20-15-13(3)10-12(2)11-14(15)17(4,5)6;1-8-18(6,7)17(19)20-16-14(12(2)3)10-9-11-15(16)13(4)5;1-9-13(2)14-10-15(17(3,4)5)12-16(11-14)18(6,7)8;1-7-13(6)16-9-14(11(2)3)8-15(10-16)12(4)5;1-6-11(2)12-7-9-13(10-8-12)14(3,4)5;1-5-11(4)13-8-6-12(7-9-13)10(2)3/h14-15H,9-13H2,1-8H3;12-15H,9-11H2,1-8H3;12-16H,8-11H2,1-7H3;10-13H,9H2,1-8H3;8-13H,7H2,1-6H3;7-11H,6H2,1-5H3;6-11H,5H2,1-4H3. The van der Waals surface area contributed by atoms with E-state index in [2.05, 4.69) is 355 Å². The van der Waals surface area contributed by atoms with Gasteiger partial charge in [0.15, 0.2) is 0 Å². The zero-order chi connectivity index (χ0) is 94.7. The lowest BCUT2D eigenvalue weighted by Gasteiger charge is -2.47. The first-order chi connectivity index (χ1) is 55.7. The van der Waals surface area contributed by atoms with Gasteiger partial charge in [-0.15, -0.1) is 0 Å². The average Bonchev–Trinajstić information content (AvgIpc) is 0.806. The van der Waals surface area contributed by atoms with Crippen molar-refractivity contribution < 1.29 is 28.6 Å². The summed E-state index contributed by atoms with van der Waals surface area (Å²) in [6, 6.07) is 32.5. The second kappa shape index (κ2) is 50.3. The molecule has 3 saturated carbocycles. The molecule has 0 aliphatic heterocycles. The van der Waals surface area contributed by atoms with Gasteiger partial charge in [-0.1, -0.05) is 368 Å². The van der Waals surface area contributed by atoms with Gasteiger partial charge in [-0.3, -0.25) is 14.4 Å². The molecule has 6 nitrogen and oxygen atoms in total. The van der Waals surface area contributed by atoms with Crippen LogP contribution in [0.5, 0.6) is 0 Å². The van der Waals surface area contributed by atoms with Crippen LogP contribution in [0.2, 0.25) is 0 Å². The molecule has 0 N–H and O–H groups in total. The first kappa shape index (κ1) is 115. The van der Waals surface area contributed by atoms with E-state index >= 15 is 0 Å². The van der Waals surface area contributed by atoms with Crippen LogP contribution in [-0.4, -0.2) is 36.2 Å². The molecule has 122 heavy (non-hydrogen) atoms. The number of benzene rings is 4. The minimum absolute atomic E-state index is 0.0109. The first-order valence-corrected chi connectivity index (χ1v) is 49.9. The molecule has 0 saturated heterocycles. The number of ether oxygens (including phenoxy) is 3. The molecule has 10 atom stereocenters. The number of hydrogen-bond acceptors (Lipinski definition) is 6. The fourth-order valence-corrected chi connectivity index (χ4v) is 16.5. The van der Waals surface area contributed by atoms with E-state index in [9.17, 15) is 14.4 Å². The molecular formula is C116H202O6. The van der Waals surface area contributed by atoms with Gasteiger partial charge in [0, 0.05) is 5.92 Å². The monoisotopic (exact) mass is 1690 g/mol. The Balaban J connectivity index is 0.000000716. The maximum absolute atomic E-state index is 12.5. The van der Waals surface area contributed by atoms with E-state index in [1.54, 1.807) is 0 Å². The van der Waals surface area contributed by atoms with Crippen LogP contribution in [0.4, 0.5) is 0 Å². The van der Waals surface area contributed by atoms with Crippen molar-refractivity contribution in [3.05, 3.63) is 141 Å². The van der Waals surface area contributed by atoms with Gasteiger partial charge in [0.1, 0.15) is 18.3 Å². The number of carbonyl (C=O) groups excluding carboxylic acids is 3. The topological polar surface area (TPSA) is 78.9 Å². The van der Waals surface area contributed by atoms with Gasteiger partial charge in [0.2, 0.25) is 0 Å². The summed E-state index contributed by atoms with van der Waals surface area (Å²) in [6.45, 7) is 103. The first-order valence-electron chi connectivity index (χ1n) is 49.9. The summed E-state index contributed by atoms with van der Waals surface area (Å²) in [7, 11) is 0. The van der Waals surface area contributed by atoms with Crippen molar-refractivity contribution in [1.82, 2.24) is 0 Å². The predicted molar refractivity (Wildman–Crippen MR) is 537 cm³/mol. The smallest absolute Gasteiger partial charge is 0.311 e. The summed E-state index contributed by atoms with van der Waals surface area (Å²) in [4.78, 5) is 37.1. The van der Waals surface area contributed by atoms with E-state index in [4.69, 9.17) is 14.2 Å². The van der Waals surface area contributed by atoms with E-state index in [0.29, 0.717) is 87.8 Å². The summed E-state index contributed by atoms with van der Waals surface area (Å²) < 4.78 is 17.8. The van der Waals surface area contributed by atoms with Crippen molar-refractivity contribution in [3.63, 3.8) is 0 Å². The van der Waals surface area contributed by atoms with E-state index in [1.165, 1.54) is 120 Å². The molecule has 3 fully saturated rings. The predicted octanol–water partition coefficient (Wildman–Crippen LogP) is 35.8. The van der Waals surface area contributed by atoms with Crippen LogP contribution in [0.15, 0.2) is 84.9 Å². The number of hydrogen-bond donors (Lipinski definition) is 0. The quantitative estimate of drug-likeness (QED) is 0.0544. The van der Waals surface area contributed by atoms with Crippen molar-refractivity contribution in [1.29, 1.82) is 0 Å². The van der Waals surface area contributed by atoms with E-state index in [-0.39, 0.29) is 74.1 Å². The zero-order valence-corrected chi connectivity index (χ0v) is 89.2. The Bertz CT molecular complexity index is 3520. The highest BCUT2D eigenvalue weighted by Gasteiger charge is 2.46. The molecule has 0 aromatic heterocycles. The Kier molecular flexibility index (Phi) is 47.5. The molecule has 0 amide bonds. The molecule has 4 aromatic carbocycles. The summed E-state index contributed by atoms with van der Waals surface area (Å²) in [5, 5.41) is 0. The molecular weight excluding hydrogens is 1490 g/mol. The second-order valence-corrected chi connectivity index (χ2v) is 48.1. The highest BCUT2D eigenvalue weighted by molar-refractivity contribution is 5.77. The number of esters is 3. The van der Waals surface area contributed by atoms with Crippen LogP contribution < -0.4 is 0 Å². The third-order valence-electron chi connectivity index (χ3n) is 30.0. The molecule has 10 unspecified atom stereocenters.